The van der Waals surface area contributed by atoms with E-state index in [1.165, 1.54) is 6.07 Å². The van der Waals surface area contributed by atoms with Gasteiger partial charge in [0.2, 0.25) is 0 Å². The van der Waals surface area contributed by atoms with Gasteiger partial charge in [-0.25, -0.2) is 4.79 Å². The van der Waals surface area contributed by atoms with Crippen LogP contribution >= 0.6 is 24.8 Å². The lowest BCUT2D eigenvalue weighted by atomic mass is 10.3. The number of rotatable bonds is 2. The Kier molecular flexibility index (Phi) is 7.13. The molecule has 0 saturated carbocycles. The molecule has 6 nitrogen and oxygen atoms in total. The van der Waals surface area contributed by atoms with E-state index in [9.17, 15) is 9.59 Å². The molecule has 2 heterocycles. The first-order valence-electron chi connectivity index (χ1n) is 4.99. The van der Waals surface area contributed by atoms with Gasteiger partial charge >= 0.3 is 5.69 Å². The van der Waals surface area contributed by atoms with Gasteiger partial charge in [-0.3, -0.25) is 14.7 Å². The average molecular weight is 283 g/mol. The molecule has 3 N–H and O–H groups in total. The molecule has 8 heteroatoms. The third-order valence-electron chi connectivity index (χ3n) is 2.42. The lowest BCUT2D eigenvalue weighted by Gasteiger charge is -2.26. The van der Waals surface area contributed by atoms with E-state index in [4.69, 9.17) is 0 Å². The van der Waals surface area contributed by atoms with Gasteiger partial charge < -0.3 is 10.3 Å². The van der Waals surface area contributed by atoms with Crippen molar-refractivity contribution in [3.05, 3.63) is 32.6 Å². The van der Waals surface area contributed by atoms with Gasteiger partial charge in [0.25, 0.3) is 5.56 Å². The molecule has 0 unspecified atom stereocenters. The molecule has 1 aliphatic heterocycles. The summed E-state index contributed by atoms with van der Waals surface area (Å²) in [6, 6.07) is 1.43. The maximum atomic E-state index is 11.0. The van der Waals surface area contributed by atoms with Crippen molar-refractivity contribution in [2.24, 2.45) is 0 Å². The molecule has 98 valence electrons. The molecular formula is C9H16Cl2N4O2. The van der Waals surface area contributed by atoms with Crippen LogP contribution in [0, 0.1) is 0 Å². The lowest BCUT2D eigenvalue weighted by molar-refractivity contribution is 0.230. The number of H-pyrrole nitrogens is 2. The summed E-state index contributed by atoms with van der Waals surface area (Å²) in [5.74, 6) is 0. The van der Waals surface area contributed by atoms with Crippen molar-refractivity contribution in [3.63, 3.8) is 0 Å². The molecule has 1 aromatic heterocycles. The Morgan fingerprint density at radius 3 is 2.35 bits per heavy atom. The molecule has 0 bridgehead atoms. The highest BCUT2D eigenvalue weighted by atomic mass is 35.5. The number of nitrogens with zero attached hydrogens (tertiary/aromatic N) is 1. The SMILES string of the molecule is Cl.Cl.O=c1cc(CN2CCNCC2)[nH]c(=O)[nH]1. The molecule has 0 aliphatic carbocycles. The Balaban J connectivity index is 0.00000128. The smallest absolute Gasteiger partial charge is 0.314 e. The van der Waals surface area contributed by atoms with Crippen LogP contribution in [-0.4, -0.2) is 41.0 Å². The Bertz CT molecular complexity index is 411. The van der Waals surface area contributed by atoms with Crippen LogP contribution in [0.5, 0.6) is 0 Å². The quantitative estimate of drug-likeness (QED) is 0.671. The molecule has 17 heavy (non-hydrogen) atoms. The van der Waals surface area contributed by atoms with Crippen molar-refractivity contribution < 1.29 is 0 Å². The van der Waals surface area contributed by atoms with Gasteiger partial charge in [0.1, 0.15) is 0 Å². The van der Waals surface area contributed by atoms with Crippen molar-refractivity contribution in [1.29, 1.82) is 0 Å². The lowest BCUT2D eigenvalue weighted by Crippen LogP contribution is -2.43. The number of nitrogens with one attached hydrogen (secondary N) is 3. The normalized spacial score (nSPS) is 15.8. The van der Waals surface area contributed by atoms with Crippen LogP contribution in [0.25, 0.3) is 0 Å². The molecule has 0 spiro atoms. The fraction of sp³-hybridized carbons (Fsp3) is 0.556. The van der Waals surface area contributed by atoms with Crippen LogP contribution in [0.3, 0.4) is 0 Å². The third-order valence-corrected chi connectivity index (χ3v) is 2.42. The van der Waals surface area contributed by atoms with E-state index in [0.717, 1.165) is 26.2 Å². The minimum Gasteiger partial charge on any atom is -0.314 e. The summed E-state index contributed by atoms with van der Waals surface area (Å²) in [4.78, 5) is 29.0. The van der Waals surface area contributed by atoms with Crippen LogP contribution in [0.15, 0.2) is 15.7 Å². The van der Waals surface area contributed by atoms with Crippen LogP contribution in [0.4, 0.5) is 0 Å². The maximum Gasteiger partial charge on any atom is 0.325 e. The largest absolute Gasteiger partial charge is 0.325 e. The Hall–Kier alpha value is -0.820. The number of piperazine rings is 1. The van der Waals surface area contributed by atoms with Gasteiger partial charge in [0.05, 0.1) is 0 Å². The topological polar surface area (TPSA) is 81.0 Å². The first-order chi connectivity index (χ1) is 7.24. The fourth-order valence-electron chi connectivity index (χ4n) is 1.71. The Morgan fingerprint density at radius 2 is 1.76 bits per heavy atom. The highest BCUT2D eigenvalue weighted by molar-refractivity contribution is 5.85. The fourth-order valence-corrected chi connectivity index (χ4v) is 1.71. The molecular weight excluding hydrogens is 267 g/mol. The summed E-state index contributed by atoms with van der Waals surface area (Å²) < 4.78 is 0. The second-order valence-corrected chi connectivity index (χ2v) is 3.64. The summed E-state index contributed by atoms with van der Waals surface area (Å²) in [6.45, 7) is 4.41. The van der Waals surface area contributed by atoms with E-state index in [0.29, 0.717) is 12.2 Å². The molecule has 1 saturated heterocycles. The van der Waals surface area contributed by atoms with Crippen LogP contribution in [0.1, 0.15) is 5.69 Å². The first kappa shape index (κ1) is 16.2. The molecule has 0 radical (unpaired) electrons. The molecule has 0 aromatic carbocycles. The van der Waals surface area contributed by atoms with E-state index in [1.807, 2.05) is 0 Å². The number of hydrogen-bond acceptors (Lipinski definition) is 4. The van der Waals surface area contributed by atoms with E-state index in [1.54, 1.807) is 0 Å². The van der Waals surface area contributed by atoms with Crippen molar-refractivity contribution >= 4 is 24.8 Å². The Morgan fingerprint density at radius 1 is 1.12 bits per heavy atom. The van der Waals surface area contributed by atoms with Gasteiger partial charge in [-0.05, 0) is 0 Å². The second-order valence-electron chi connectivity index (χ2n) is 3.64. The predicted octanol–water partition coefficient (Wildman–Crippen LogP) is -0.688. The summed E-state index contributed by atoms with van der Waals surface area (Å²) in [6.07, 6.45) is 0. The maximum absolute atomic E-state index is 11.0. The number of hydrogen-bond donors (Lipinski definition) is 3. The summed E-state index contributed by atoms with van der Waals surface area (Å²) in [7, 11) is 0. The van der Waals surface area contributed by atoms with Gasteiger partial charge in [-0.2, -0.15) is 0 Å². The van der Waals surface area contributed by atoms with Crippen molar-refractivity contribution in [3.8, 4) is 0 Å². The molecule has 1 aliphatic rings. The second kappa shape index (κ2) is 7.50. The van der Waals surface area contributed by atoms with E-state index >= 15 is 0 Å². The summed E-state index contributed by atoms with van der Waals surface area (Å²) in [5, 5.41) is 3.24. The number of aromatic amines is 2. The van der Waals surface area contributed by atoms with Crippen molar-refractivity contribution in [2.45, 2.75) is 6.54 Å². The molecule has 0 atom stereocenters. The number of aromatic nitrogens is 2. The van der Waals surface area contributed by atoms with Crippen molar-refractivity contribution in [2.75, 3.05) is 26.2 Å². The first-order valence-corrected chi connectivity index (χ1v) is 4.99. The molecule has 0 amide bonds. The highest BCUT2D eigenvalue weighted by Crippen LogP contribution is 1.98. The van der Waals surface area contributed by atoms with E-state index in [-0.39, 0.29) is 30.4 Å². The molecule has 1 aromatic rings. The third kappa shape index (κ3) is 4.91. The van der Waals surface area contributed by atoms with Crippen LogP contribution in [0.2, 0.25) is 0 Å². The van der Waals surface area contributed by atoms with Gasteiger partial charge in [0.15, 0.2) is 0 Å². The minimum absolute atomic E-state index is 0. The molecule has 2 rings (SSSR count). The summed E-state index contributed by atoms with van der Waals surface area (Å²) >= 11 is 0. The zero-order valence-electron chi connectivity index (χ0n) is 9.19. The van der Waals surface area contributed by atoms with Gasteiger partial charge in [0, 0.05) is 44.5 Å². The Labute approximate surface area is 111 Å². The highest BCUT2D eigenvalue weighted by Gasteiger charge is 2.10. The monoisotopic (exact) mass is 282 g/mol. The number of halogens is 2. The summed E-state index contributed by atoms with van der Waals surface area (Å²) in [5.41, 5.74) is -0.109. The average Bonchev–Trinajstić information content (AvgIpc) is 2.17. The van der Waals surface area contributed by atoms with Crippen LogP contribution in [-0.2, 0) is 6.54 Å². The zero-order valence-corrected chi connectivity index (χ0v) is 10.8. The molecule has 1 fully saturated rings. The zero-order chi connectivity index (χ0) is 10.7. The minimum atomic E-state index is -0.437. The standard InChI is InChI=1S/C9H14N4O2.2ClH/c14-8-5-7(11-9(15)12-8)6-13-3-1-10-2-4-13;;/h5,10H,1-4,6H2,(H2,11,12,14,15);2*1H. The van der Waals surface area contributed by atoms with E-state index in [2.05, 4.69) is 20.2 Å². The van der Waals surface area contributed by atoms with E-state index < -0.39 is 5.69 Å². The predicted molar refractivity (Wildman–Crippen MR) is 70.3 cm³/mol. The van der Waals surface area contributed by atoms with Gasteiger partial charge in [-0.15, -0.1) is 24.8 Å². The van der Waals surface area contributed by atoms with Crippen molar-refractivity contribution in [1.82, 2.24) is 20.2 Å². The van der Waals surface area contributed by atoms with Crippen LogP contribution < -0.4 is 16.6 Å². The van der Waals surface area contributed by atoms with Gasteiger partial charge in [-0.1, -0.05) is 0 Å².